The first kappa shape index (κ1) is 19.7. The molecule has 140 valence electrons. The van der Waals surface area contributed by atoms with E-state index in [1.165, 1.54) is 19.3 Å². The number of rotatable bonds is 7. The summed E-state index contributed by atoms with van der Waals surface area (Å²) in [6.07, 6.45) is 1.16. The van der Waals surface area contributed by atoms with Crippen LogP contribution >= 0.6 is 0 Å². The van der Waals surface area contributed by atoms with Crippen LogP contribution in [-0.4, -0.2) is 35.9 Å². The molecule has 0 fully saturated rings. The zero-order chi connectivity index (χ0) is 19.3. The predicted molar refractivity (Wildman–Crippen MR) is 99.0 cm³/mol. The zero-order valence-corrected chi connectivity index (χ0v) is 15.1. The number of benzene rings is 1. The molecule has 0 saturated carbocycles. The highest BCUT2D eigenvalue weighted by molar-refractivity contribution is 5.85. The monoisotopic (exact) mass is 361 g/mol. The van der Waals surface area contributed by atoms with Crippen molar-refractivity contribution in [2.45, 2.75) is 26.3 Å². The highest BCUT2D eigenvalue weighted by atomic mass is 19.1. The van der Waals surface area contributed by atoms with Crippen molar-refractivity contribution in [3.8, 4) is 16.9 Å². The van der Waals surface area contributed by atoms with Crippen LogP contribution in [0.4, 0.5) is 15.0 Å². The largest absolute Gasteiger partial charge is 0.489 e. The maximum Gasteiger partial charge on any atom is 0.412 e. The Balaban J connectivity index is 2.14. The van der Waals surface area contributed by atoms with E-state index < -0.39 is 11.9 Å². The highest BCUT2D eigenvalue weighted by Crippen LogP contribution is 2.27. The number of pyridine rings is 1. The number of carbonyl (C=O) groups is 1. The number of hydrogen-bond acceptors (Lipinski definition) is 4. The second kappa shape index (κ2) is 8.62. The molecule has 0 aliphatic heterocycles. The number of anilines is 1. The molecule has 0 aliphatic carbocycles. The second-order valence-corrected chi connectivity index (χ2v) is 6.59. The summed E-state index contributed by atoms with van der Waals surface area (Å²) in [6, 6.07) is 7.74. The normalized spacial score (nSPS) is 12.1. The number of nitrogens with zero attached hydrogens (tertiary/aromatic N) is 2. The highest BCUT2D eigenvalue weighted by Gasteiger charge is 2.13. The Hall–Kier alpha value is -2.67. The van der Waals surface area contributed by atoms with Crippen molar-refractivity contribution in [2.75, 3.05) is 18.6 Å². The molecule has 0 bridgehead atoms. The van der Waals surface area contributed by atoms with Gasteiger partial charge in [0.25, 0.3) is 0 Å². The molecule has 0 saturated heterocycles. The van der Waals surface area contributed by atoms with Crippen LogP contribution in [0.1, 0.15) is 20.3 Å². The van der Waals surface area contributed by atoms with Gasteiger partial charge in [-0.1, -0.05) is 19.9 Å². The minimum Gasteiger partial charge on any atom is -0.489 e. The molecule has 2 rings (SSSR count). The van der Waals surface area contributed by atoms with Gasteiger partial charge in [-0.05, 0) is 47.7 Å². The van der Waals surface area contributed by atoms with Crippen LogP contribution < -0.4 is 15.4 Å². The van der Waals surface area contributed by atoms with E-state index in [4.69, 9.17) is 15.6 Å². The third-order valence-electron chi connectivity index (χ3n) is 3.87. The maximum absolute atomic E-state index is 14.4. The van der Waals surface area contributed by atoms with Crippen molar-refractivity contribution >= 4 is 11.9 Å². The average Bonchev–Trinajstić information content (AvgIpc) is 2.59. The third-order valence-corrected chi connectivity index (χ3v) is 3.87. The molecule has 26 heavy (non-hydrogen) atoms. The van der Waals surface area contributed by atoms with Gasteiger partial charge in [0.1, 0.15) is 12.4 Å². The summed E-state index contributed by atoms with van der Waals surface area (Å²) in [7, 11) is 1.40. The summed E-state index contributed by atoms with van der Waals surface area (Å²) >= 11 is 0. The van der Waals surface area contributed by atoms with Gasteiger partial charge >= 0.3 is 6.09 Å². The van der Waals surface area contributed by atoms with E-state index in [-0.39, 0.29) is 24.2 Å². The second-order valence-electron chi connectivity index (χ2n) is 6.59. The van der Waals surface area contributed by atoms with Crippen molar-refractivity contribution in [3.63, 3.8) is 0 Å². The van der Waals surface area contributed by atoms with Gasteiger partial charge in [-0.25, -0.2) is 14.2 Å². The SMILES string of the molecule is CC(C)C[C@H](N)COc1ccc(-c2ccnc(N(C)C(=O)O)c2)cc1F. The van der Waals surface area contributed by atoms with E-state index in [1.807, 2.05) is 0 Å². The molecule has 0 spiro atoms. The fourth-order valence-corrected chi connectivity index (χ4v) is 2.55. The Morgan fingerprint density at radius 3 is 2.62 bits per heavy atom. The van der Waals surface area contributed by atoms with Crippen molar-refractivity contribution in [1.82, 2.24) is 4.98 Å². The summed E-state index contributed by atoms with van der Waals surface area (Å²) in [5.74, 6) is 0.357. The van der Waals surface area contributed by atoms with Crippen LogP contribution in [0.3, 0.4) is 0 Å². The lowest BCUT2D eigenvalue weighted by Crippen LogP contribution is -2.29. The molecule has 0 radical (unpaired) electrons. The van der Waals surface area contributed by atoms with Crippen LogP contribution in [0.2, 0.25) is 0 Å². The lowest BCUT2D eigenvalue weighted by atomic mass is 10.1. The summed E-state index contributed by atoms with van der Waals surface area (Å²) in [5, 5.41) is 9.03. The summed E-state index contributed by atoms with van der Waals surface area (Å²) < 4.78 is 19.8. The predicted octanol–water partition coefficient (Wildman–Crippen LogP) is 3.75. The first-order chi connectivity index (χ1) is 12.3. The Morgan fingerprint density at radius 2 is 2.00 bits per heavy atom. The van der Waals surface area contributed by atoms with Crippen molar-refractivity contribution in [3.05, 3.63) is 42.3 Å². The first-order valence-corrected chi connectivity index (χ1v) is 8.39. The Labute approximate surface area is 152 Å². The van der Waals surface area contributed by atoms with E-state index in [0.717, 1.165) is 11.3 Å². The average molecular weight is 361 g/mol. The zero-order valence-electron chi connectivity index (χ0n) is 15.1. The quantitative estimate of drug-likeness (QED) is 0.784. The van der Waals surface area contributed by atoms with Gasteiger partial charge in [0.05, 0.1) is 0 Å². The number of halogens is 1. The third kappa shape index (κ3) is 5.16. The van der Waals surface area contributed by atoms with Gasteiger partial charge < -0.3 is 15.6 Å². The van der Waals surface area contributed by atoms with Crippen LogP contribution in [-0.2, 0) is 0 Å². The Bertz CT molecular complexity index is 767. The van der Waals surface area contributed by atoms with Crippen LogP contribution in [0, 0.1) is 11.7 Å². The Morgan fingerprint density at radius 1 is 1.31 bits per heavy atom. The van der Waals surface area contributed by atoms with E-state index in [9.17, 15) is 9.18 Å². The molecular formula is C19H24FN3O3. The lowest BCUT2D eigenvalue weighted by Gasteiger charge is -2.16. The number of amides is 1. The number of ether oxygens (including phenoxy) is 1. The lowest BCUT2D eigenvalue weighted by molar-refractivity contribution is 0.203. The summed E-state index contributed by atoms with van der Waals surface area (Å²) in [5.41, 5.74) is 7.21. The molecule has 3 N–H and O–H groups in total. The summed E-state index contributed by atoms with van der Waals surface area (Å²) in [4.78, 5) is 16.0. The van der Waals surface area contributed by atoms with Gasteiger partial charge in [0.2, 0.25) is 0 Å². The molecular weight excluding hydrogens is 337 g/mol. The summed E-state index contributed by atoms with van der Waals surface area (Å²) in [6.45, 7) is 4.39. The standard InChI is InChI=1S/C19H24FN3O3/c1-12(2)8-15(21)11-26-17-5-4-13(9-16(17)20)14-6-7-22-18(10-14)23(3)19(24)25/h4-7,9-10,12,15H,8,11,21H2,1-3H3,(H,24,25)/t15-/m0/s1. The molecule has 6 nitrogen and oxygen atoms in total. The smallest absolute Gasteiger partial charge is 0.412 e. The molecule has 1 aromatic carbocycles. The molecule has 0 aliphatic rings. The van der Waals surface area contributed by atoms with Gasteiger partial charge in [-0.2, -0.15) is 0 Å². The number of carboxylic acid groups (broad SMARTS) is 1. The number of aromatic nitrogens is 1. The fourth-order valence-electron chi connectivity index (χ4n) is 2.55. The minimum atomic E-state index is -1.12. The maximum atomic E-state index is 14.4. The topological polar surface area (TPSA) is 88.7 Å². The molecule has 1 heterocycles. The molecule has 1 atom stereocenters. The van der Waals surface area contributed by atoms with E-state index in [2.05, 4.69) is 18.8 Å². The van der Waals surface area contributed by atoms with Crippen LogP contribution in [0.25, 0.3) is 11.1 Å². The molecule has 2 aromatic rings. The van der Waals surface area contributed by atoms with Gasteiger partial charge in [0.15, 0.2) is 11.6 Å². The van der Waals surface area contributed by atoms with E-state index in [0.29, 0.717) is 17.0 Å². The number of hydrogen-bond donors (Lipinski definition) is 2. The van der Waals surface area contributed by atoms with Crippen LogP contribution in [0.15, 0.2) is 36.5 Å². The molecule has 7 heteroatoms. The van der Waals surface area contributed by atoms with Crippen molar-refractivity contribution < 1.29 is 19.0 Å². The van der Waals surface area contributed by atoms with Gasteiger partial charge in [-0.15, -0.1) is 0 Å². The van der Waals surface area contributed by atoms with E-state index >= 15 is 0 Å². The first-order valence-electron chi connectivity index (χ1n) is 8.39. The van der Waals surface area contributed by atoms with Crippen molar-refractivity contribution in [1.29, 1.82) is 0 Å². The molecule has 0 unspecified atom stereocenters. The van der Waals surface area contributed by atoms with Gasteiger partial charge in [0, 0.05) is 19.3 Å². The molecule has 1 aromatic heterocycles. The van der Waals surface area contributed by atoms with Crippen molar-refractivity contribution in [2.24, 2.45) is 11.7 Å². The van der Waals surface area contributed by atoms with E-state index in [1.54, 1.807) is 24.3 Å². The molecule has 1 amide bonds. The van der Waals surface area contributed by atoms with Crippen LogP contribution in [0.5, 0.6) is 5.75 Å². The number of nitrogens with two attached hydrogens (primary N) is 1. The fraction of sp³-hybridized carbons (Fsp3) is 0.368. The minimum absolute atomic E-state index is 0.143. The van der Waals surface area contributed by atoms with Gasteiger partial charge in [-0.3, -0.25) is 4.90 Å². The Kier molecular flexibility index (Phi) is 6.52.